The Labute approximate surface area is 218 Å². The number of hydrogen-bond acceptors (Lipinski definition) is 6. The summed E-state index contributed by atoms with van der Waals surface area (Å²) in [6.45, 7) is 4.82. The molecule has 2 heterocycles. The van der Waals surface area contributed by atoms with Crippen LogP contribution in [0.4, 0.5) is 26.7 Å². The molecule has 200 valence electrons. The molecule has 2 aromatic carbocycles. The number of alkyl halides is 3. The van der Waals surface area contributed by atoms with Crippen LogP contribution in [0.3, 0.4) is 0 Å². The Bertz CT molecular complexity index is 1480. The van der Waals surface area contributed by atoms with Gasteiger partial charge in [-0.15, -0.1) is 11.8 Å². The molecule has 6 nitrogen and oxygen atoms in total. The van der Waals surface area contributed by atoms with E-state index in [0.717, 1.165) is 21.9 Å². The zero-order chi connectivity index (χ0) is 27.8. The first-order valence-electron chi connectivity index (χ1n) is 11.2. The lowest BCUT2D eigenvalue weighted by molar-refractivity contribution is -0.137. The molecule has 0 N–H and O–H groups in total. The topological polar surface area (TPSA) is 66.2 Å². The number of carbonyl (C=O) groups is 1. The van der Waals surface area contributed by atoms with E-state index >= 15 is 4.39 Å². The Balaban J connectivity index is 1.95. The summed E-state index contributed by atoms with van der Waals surface area (Å²) < 4.78 is 82.5. The zero-order valence-corrected chi connectivity index (χ0v) is 21.5. The van der Waals surface area contributed by atoms with Gasteiger partial charge in [0.1, 0.15) is 17.2 Å². The number of rotatable bonds is 5. The highest BCUT2D eigenvalue weighted by atomic mass is 32.2. The second-order valence-electron chi connectivity index (χ2n) is 9.20. The molecule has 0 bridgehead atoms. The van der Waals surface area contributed by atoms with E-state index in [1.54, 1.807) is 45.0 Å². The number of carbonyl (C=O) groups excluding carboxylic acids is 1. The van der Waals surface area contributed by atoms with Gasteiger partial charge in [-0.05, 0) is 50.6 Å². The smallest absolute Gasteiger partial charge is 0.420 e. The largest absolute Gasteiger partial charge is 0.497 e. The number of nitrogens with zero attached hydrogens (tertiary/aromatic N) is 3. The minimum absolute atomic E-state index is 0.131. The number of halogens is 5. The van der Waals surface area contributed by atoms with Crippen LogP contribution in [0.5, 0.6) is 5.75 Å². The van der Waals surface area contributed by atoms with Crippen molar-refractivity contribution >= 4 is 28.8 Å². The van der Waals surface area contributed by atoms with Crippen molar-refractivity contribution < 1.29 is 36.2 Å². The Morgan fingerprint density at radius 2 is 1.66 bits per heavy atom. The monoisotopic (exact) mass is 551 g/mol. The predicted molar refractivity (Wildman–Crippen MR) is 132 cm³/mol. The Hall–Kier alpha value is -3.67. The van der Waals surface area contributed by atoms with E-state index in [9.17, 15) is 22.4 Å². The van der Waals surface area contributed by atoms with Crippen LogP contribution in [-0.2, 0) is 16.7 Å². The molecule has 12 heteroatoms. The first-order chi connectivity index (χ1) is 17.8. The van der Waals surface area contributed by atoms with E-state index in [4.69, 9.17) is 9.47 Å². The molecule has 38 heavy (non-hydrogen) atoms. The van der Waals surface area contributed by atoms with Gasteiger partial charge in [0.2, 0.25) is 0 Å². The minimum atomic E-state index is -4.99. The number of benzene rings is 2. The maximum Gasteiger partial charge on any atom is 0.420 e. The molecule has 0 amide bonds. The fourth-order valence-electron chi connectivity index (χ4n) is 3.71. The average molecular weight is 552 g/mol. The first-order valence-corrected chi connectivity index (χ1v) is 12.2. The second-order valence-corrected chi connectivity index (χ2v) is 10.2. The number of ether oxygens (including phenoxy) is 2. The number of methoxy groups -OCH3 is 1. The summed E-state index contributed by atoms with van der Waals surface area (Å²) in [4.78, 5) is 20.6. The molecule has 0 unspecified atom stereocenters. The SMILES string of the molecule is COc1ccc(CSc2cc3c(-c4ncc(F)cn4)c(C(F)(F)F)cc(F)c3n2C(=O)OC(C)(C)C)cc1. The third-order valence-corrected chi connectivity index (χ3v) is 6.35. The van der Waals surface area contributed by atoms with Crippen LogP contribution in [0.1, 0.15) is 31.9 Å². The number of fused-ring (bicyclic) bond motifs is 1. The highest BCUT2D eigenvalue weighted by Crippen LogP contribution is 2.44. The van der Waals surface area contributed by atoms with Gasteiger partial charge < -0.3 is 9.47 Å². The van der Waals surface area contributed by atoms with Gasteiger partial charge in [0.25, 0.3) is 0 Å². The third-order valence-electron chi connectivity index (χ3n) is 5.27. The Morgan fingerprint density at radius 3 is 2.21 bits per heavy atom. The number of aromatic nitrogens is 3. The van der Waals surface area contributed by atoms with E-state index < -0.39 is 52.0 Å². The molecule has 0 radical (unpaired) electrons. The maximum absolute atomic E-state index is 15.4. The summed E-state index contributed by atoms with van der Waals surface area (Å²) in [6, 6.07) is 8.58. The zero-order valence-electron chi connectivity index (χ0n) is 20.7. The second kappa shape index (κ2) is 10.2. The van der Waals surface area contributed by atoms with Crippen LogP contribution < -0.4 is 4.74 Å². The van der Waals surface area contributed by atoms with Gasteiger partial charge in [-0.3, -0.25) is 0 Å². The van der Waals surface area contributed by atoms with Gasteiger partial charge in [-0.2, -0.15) is 13.2 Å². The molecular formula is C26H22F5N3O3S. The van der Waals surface area contributed by atoms with Crippen molar-refractivity contribution in [1.29, 1.82) is 0 Å². The molecule has 0 aliphatic heterocycles. The van der Waals surface area contributed by atoms with Crippen molar-refractivity contribution in [3.05, 3.63) is 71.6 Å². The van der Waals surface area contributed by atoms with Gasteiger partial charge in [0.15, 0.2) is 11.6 Å². The van der Waals surface area contributed by atoms with Crippen LogP contribution in [0.15, 0.2) is 53.8 Å². The fraction of sp³-hybridized carbons (Fsp3) is 0.269. The van der Waals surface area contributed by atoms with Crippen molar-refractivity contribution in [2.24, 2.45) is 0 Å². The molecule has 4 rings (SSSR count). The van der Waals surface area contributed by atoms with Crippen LogP contribution in [0, 0.1) is 11.6 Å². The van der Waals surface area contributed by atoms with E-state index in [1.165, 1.54) is 13.2 Å². The Morgan fingerprint density at radius 1 is 1.03 bits per heavy atom. The standard InChI is InChI=1S/C26H22F5N3O3S/c1-25(2,3)37-24(35)34-20(38-13-14-5-7-16(36-4)8-6-14)9-17-21(23-32-11-15(27)12-33-23)18(26(29,30)31)10-19(28)22(17)34/h5-12H,13H2,1-4H3. The Kier molecular flexibility index (Phi) is 7.37. The van der Waals surface area contributed by atoms with Crippen molar-refractivity contribution in [2.45, 2.75) is 43.3 Å². The molecule has 2 aromatic heterocycles. The lowest BCUT2D eigenvalue weighted by atomic mass is 10.0. The van der Waals surface area contributed by atoms with Crippen LogP contribution in [0.2, 0.25) is 0 Å². The highest BCUT2D eigenvalue weighted by Gasteiger charge is 2.38. The minimum Gasteiger partial charge on any atom is -0.497 e. The lowest BCUT2D eigenvalue weighted by Crippen LogP contribution is -2.27. The summed E-state index contributed by atoms with van der Waals surface area (Å²) in [5.41, 5.74) is -2.54. The van der Waals surface area contributed by atoms with Gasteiger partial charge in [-0.25, -0.2) is 28.1 Å². The van der Waals surface area contributed by atoms with E-state index in [0.29, 0.717) is 23.9 Å². The third kappa shape index (κ3) is 5.74. The molecule has 0 fully saturated rings. The first kappa shape index (κ1) is 27.4. The maximum atomic E-state index is 15.4. The van der Waals surface area contributed by atoms with Gasteiger partial charge in [0.05, 0.1) is 35.6 Å². The van der Waals surface area contributed by atoms with Crippen LogP contribution in [0.25, 0.3) is 22.3 Å². The molecular weight excluding hydrogens is 529 g/mol. The van der Waals surface area contributed by atoms with Crippen molar-refractivity contribution in [2.75, 3.05) is 7.11 Å². The van der Waals surface area contributed by atoms with E-state index in [-0.39, 0.29) is 16.5 Å². The summed E-state index contributed by atoms with van der Waals surface area (Å²) in [5.74, 6) is -1.70. The van der Waals surface area contributed by atoms with Gasteiger partial charge in [-0.1, -0.05) is 12.1 Å². The summed E-state index contributed by atoms with van der Waals surface area (Å²) in [6.07, 6.45) is -4.55. The molecule has 0 aliphatic carbocycles. The number of thioether (sulfide) groups is 1. The summed E-state index contributed by atoms with van der Waals surface area (Å²) in [7, 11) is 1.52. The molecule has 0 atom stereocenters. The summed E-state index contributed by atoms with van der Waals surface area (Å²) in [5, 5.41) is -0.140. The van der Waals surface area contributed by atoms with E-state index in [1.807, 2.05) is 0 Å². The quantitative estimate of drug-likeness (QED) is 0.189. The van der Waals surface area contributed by atoms with Crippen molar-refractivity contribution in [3.63, 3.8) is 0 Å². The lowest BCUT2D eigenvalue weighted by Gasteiger charge is -2.21. The van der Waals surface area contributed by atoms with Gasteiger partial charge in [0, 0.05) is 16.7 Å². The van der Waals surface area contributed by atoms with Crippen molar-refractivity contribution in [3.8, 4) is 17.1 Å². The number of hydrogen-bond donors (Lipinski definition) is 0. The summed E-state index contributed by atoms with van der Waals surface area (Å²) >= 11 is 1.09. The normalized spacial score (nSPS) is 12.1. The molecule has 4 aromatic rings. The molecule has 0 aliphatic rings. The van der Waals surface area contributed by atoms with E-state index in [2.05, 4.69) is 9.97 Å². The molecule has 0 saturated heterocycles. The molecule has 0 spiro atoms. The highest BCUT2D eigenvalue weighted by molar-refractivity contribution is 7.98. The fourth-order valence-corrected chi connectivity index (χ4v) is 4.71. The van der Waals surface area contributed by atoms with Crippen LogP contribution >= 0.6 is 11.8 Å². The predicted octanol–water partition coefficient (Wildman–Crippen LogP) is 7.48. The van der Waals surface area contributed by atoms with Gasteiger partial charge >= 0.3 is 12.3 Å². The van der Waals surface area contributed by atoms with Crippen LogP contribution in [-0.4, -0.2) is 33.3 Å². The molecule has 0 saturated carbocycles. The average Bonchev–Trinajstić information content (AvgIpc) is 3.22. The van der Waals surface area contributed by atoms with Crippen molar-refractivity contribution in [1.82, 2.24) is 14.5 Å².